The summed E-state index contributed by atoms with van der Waals surface area (Å²) in [5.41, 5.74) is -0.489. The van der Waals surface area contributed by atoms with E-state index in [1.54, 1.807) is 13.8 Å². The first kappa shape index (κ1) is 15.2. The first-order chi connectivity index (χ1) is 8.32. The molecule has 1 aromatic rings. The summed E-state index contributed by atoms with van der Waals surface area (Å²) in [6.07, 6.45) is 0. The number of halogens is 4. The molecule has 0 atom stereocenters. The molecule has 1 amide bonds. The number of likely N-dealkylation sites (N-methyl/N-ethyl adjacent to an activating group) is 1. The van der Waals surface area contributed by atoms with Crippen LogP contribution in [0.25, 0.3) is 0 Å². The molecule has 0 aliphatic heterocycles. The number of benzene rings is 1. The Bertz CT molecular complexity index is 427. The highest BCUT2D eigenvalue weighted by molar-refractivity contribution is 6.34. The van der Waals surface area contributed by atoms with E-state index in [4.69, 9.17) is 23.2 Å². The summed E-state index contributed by atoms with van der Waals surface area (Å²) >= 11 is 11.3. The Morgan fingerprint density at radius 3 is 2.00 bits per heavy atom. The van der Waals surface area contributed by atoms with E-state index >= 15 is 0 Å². The quantitative estimate of drug-likeness (QED) is 0.823. The van der Waals surface area contributed by atoms with Crippen LogP contribution in [-0.4, -0.2) is 23.9 Å². The molecular weight excluding hydrogens is 283 g/mol. The van der Waals surface area contributed by atoms with Gasteiger partial charge in [0, 0.05) is 28.7 Å². The fraction of sp³-hybridized carbons (Fsp3) is 0.417. The Labute approximate surface area is 114 Å². The minimum Gasteiger partial charge on any atom is -0.338 e. The Kier molecular flexibility index (Phi) is 4.93. The monoisotopic (exact) mass is 295 g/mol. The molecule has 0 aliphatic rings. The number of alkyl halides is 2. The molecule has 1 aromatic carbocycles. The largest absolute Gasteiger partial charge is 0.350 e. The van der Waals surface area contributed by atoms with Gasteiger partial charge in [0.05, 0.1) is 0 Å². The molecule has 100 valence electrons. The Morgan fingerprint density at radius 2 is 1.61 bits per heavy atom. The summed E-state index contributed by atoms with van der Waals surface area (Å²) < 4.78 is 28.1. The molecule has 0 N–H and O–H groups in total. The predicted molar refractivity (Wildman–Crippen MR) is 68.3 cm³/mol. The van der Waals surface area contributed by atoms with E-state index < -0.39 is 17.4 Å². The van der Waals surface area contributed by atoms with Gasteiger partial charge in [-0.2, -0.15) is 8.78 Å². The number of carbonyl (C=O) groups is 1. The SMILES string of the molecule is CCN(CC)C(=O)C(F)(F)c1cc(Cl)cc(Cl)c1. The van der Waals surface area contributed by atoms with Gasteiger partial charge in [0.1, 0.15) is 0 Å². The molecule has 0 saturated carbocycles. The summed E-state index contributed by atoms with van der Waals surface area (Å²) in [6.45, 7) is 3.73. The zero-order chi connectivity index (χ0) is 13.9. The molecule has 0 radical (unpaired) electrons. The molecule has 0 aromatic heterocycles. The first-order valence-corrected chi connectivity index (χ1v) is 6.22. The van der Waals surface area contributed by atoms with Crippen molar-refractivity contribution in [2.24, 2.45) is 0 Å². The van der Waals surface area contributed by atoms with Gasteiger partial charge in [0.2, 0.25) is 0 Å². The second-order valence-electron chi connectivity index (χ2n) is 3.71. The van der Waals surface area contributed by atoms with Crippen LogP contribution in [-0.2, 0) is 10.7 Å². The number of amides is 1. The average Bonchev–Trinajstić information content (AvgIpc) is 2.29. The molecule has 0 heterocycles. The molecule has 0 unspecified atom stereocenters. The van der Waals surface area contributed by atoms with Crippen LogP contribution in [0.4, 0.5) is 8.78 Å². The summed E-state index contributed by atoms with van der Waals surface area (Å²) in [5.74, 6) is -4.87. The fourth-order valence-corrected chi connectivity index (χ4v) is 2.09. The zero-order valence-corrected chi connectivity index (χ0v) is 11.5. The van der Waals surface area contributed by atoms with Crippen LogP contribution in [0.15, 0.2) is 18.2 Å². The average molecular weight is 296 g/mol. The van der Waals surface area contributed by atoms with Gasteiger partial charge in [-0.3, -0.25) is 4.79 Å². The maximum absolute atomic E-state index is 14.0. The maximum Gasteiger partial charge on any atom is 0.350 e. The van der Waals surface area contributed by atoms with Crippen LogP contribution in [0, 0.1) is 0 Å². The van der Waals surface area contributed by atoms with E-state index in [-0.39, 0.29) is 23.1 Å². The van der Waals surface area contributed by atoms with E-state index in [0.717, 1.165) is 17.0 Å². The summed E-state index contributed by atoms with van der Waals surface area (Å²) in [7, 11) is 0. The molecule has 0 fully saturated rings. The van der Waals surface area contributed by atoms with Crippen molar-refractivity contribution in [1.29, 1.82) is 0 Å². The van der Waals surface area contributed by atoms with Gasteiger partial charge in [0.15, 0.2) is 0 Å². The van der Waals surface area contributed by atoms with Crippen molar-refractivity contribution in [1.82, 2.24) is 4.90 Å². The maximum atomic E-state index is 14.0. The van der Waals surface area contributed by atoms with Crippen molar-refractivity contribution in [3.05, 3.63) is 33.8 Å². The van der Waals surface area contributed by atoms with Crippen LogP contribution in [0.1, 0.15) is 19.4 Å². The van der Waals surface area contributed by atoms with E-state index in [1.165, 1.54) is 6.07 Å². The highest BCUT2D eigenvalue weighted by Gasteiger charge is 2.43. The third-order valence-corrected chi connectivity index (χ3v) is 2.98. The highest BCUT2D eigenvalue weighted by atomic mass is 35.5. The number of hydrogen-bond acceptors (Lipinski definition) is 1. The van der Waals surface area contributed by atoms with Crippen molar-refractivity contribution in [2.75, 3.05) is 13.1 Å². The number of carbonyl (C=O) groups excluding carboxylic acids is 1. The molecule has 0 aliphatic carbocycles. The Hall–Kier alpha value is -0.870. The predicted octanol–water partition coefficient (Wildman–Crippen LogP) is 3.95. The van der Waals surface area contributed by atoms with Crippen LogP contribution < -0.4 is 0 Å². The molecule has 6 heteroatoms. The summed E-state index contributed by atoms with van der Waals surface area (Å²) in [4.78, 5) is 12.8. The molecule has 0 bridgehead atoms. The number of nitrogens with zero attached hydrogens (tertiary/aromatic N) is 1. The van der Waals surface area contributed by atoms with Gasteiger partial charge in [-0.05, 0) is 32.0 Å². The highest BCUT2D eigenvalue weighted by Crippen LogP contribution is 2.33. The second kappa shape index (κ2) is 5.85. The van der Waals surface area contributed by atoms with E-state index in [1.807, 2.05) is 0 Å². The van der Waals surface area contributed by atoms with Crippen LogP contribution in [0.3, 0.4) is 0 Å². The van der Waals surface area contributed by atoms with Gasteiger partial charge < -0.3 is 4.90 Å². The molecule has 18 heavy (non-hydrogen) atoms. The fourth-order valence-electron chi connectivity index (χ4n) is 1.57. The number of rotatable bonds is 4. The minimum atomic E-state index is -3.62. The smallest absolute Gasteiger partial charge is 0.338 e. The summed E-state index contributed by atoms with van der Waals surface area (Å²) in [5, 5.41) is 0.147. The lowest BCUT2D eigenvalue weighted by Gasteiger charge is -2.25. The molecule has 0 spiro atoms. The standard InChI is InChI=1S/C12H13Cl2F2NO/c1-3-17(4-2)11(18)12(15,16)8-5-9(13)7-10(14)6-8/h5-7H,3-4H2,1-2H3. The van der Waals surface area contributed by atoms with Gasteiger partial charge in [-0.1, -0.05) is 23.2 Å². The Morgan fingerprint density at radius 1 is 1.17 bits per heavy atom. The molecule has 2 nitrogen and oxygen atoms in total. The van der Waals surface area contributed by atoms with E-state index in [2.05, 4.69) is 0 Å². The van der Waals surface area contributed by atoms with Crippen LogP contribution in [0.2, 0.25) is 10.0 Å². The summed E-state index contributed by atoms with van der Waals surface area (Å²) in [6, 6.07) is 3.44. The van der Waals surface area contributed by atoms with Crippen molar-refractivity contribution in [2.45, 2.75) is 19.8 Å². The topological polar surface area (TPSA) is 20.3 Å². The second-order valence-corrected chi connectivity index (χ2v) is 4.58. The van der Waals surface area contributed by atoms with Crippen LogP contribution in [0.5, 0.6) is 0 Å². The van der Waals surface area contributed by atoms with Gasteiger partial charge >= 0.3 is 5.92 Å². The Balaban J connectivity index is 3.15. The lowest BCUT2D eigenvalue weighted by molar-refractivity contribution is -0.158. The van der Waals surface area contributed by atoms with Gasteiger partial charge in [0.25, 0.3) is 5.91 Å². The first-order valence-electron chi connectivity index (χ1n) is 5.46. The lowest BCUT2D eigenvalue weighted by Crippen LogP contribution is -2.41. The third kappa shape index (κ3) is 3.12. The van der Waals surface area contributed by atoms with E-state index in [0.29, 0.717) is 0 Å². The normalized spacial score (nSPS) is 11.4. The van der Waals surface area contributed by atoms with Crippen molar-refractivity contribution in [3.8, 4) is 0 Å². The van der Waals surface area contributed by atoms with Gasteiger partial charge in [-0.15, -0.1) is 0 Å². The van der Waals surface area contributed by atoms with Crippen molar-refractivity contribution in [3.63, 3.8) is 0 Å². The molecular formula is C12H13Cl2F2NO. The van der Waals surface area contributed by atoms with Crippen LogP contribution >= 0.6 is 23.2 Å². The lowest BCUT2D eigenvalue weighted by atomic mass is 10.1. The molecule has 1 rings (SSSR count). The zero-order valence-electron chi connectivity index (χ0n) is 10.0. The van der Waals surface area contributed by atoms with Crippen molar-refractivity contribution >= 4 is 29.1 Å². The van der Waals surface area contributed by atoms with Crippen molar-refractivity contribution < 1.29 is 13.6 Å². The van der Waals surface area contributed by atoms with E-state index in [9.17, 15) is 13.6 Å². The third-order valence-electron chi connectivity index (χ3n) is 2.54. The minimum absolute atomic E-state index is 0.0736. The number of hydrogen-bond donors (Lipinski definition) is 0. The van der Waals surface area contributed by atoms with Gasteiger partial charge in [-0.25, -0.2) is 0 Å². The molecule has 0 saturated heterocycles.